The summed E-state index contributed by atoms with van der Waals surface area (Å²) < 4.78 is 0. The molecule has 1 amide bonds. The van der Waals surface area contributed by atoms with E-state index in [9.17, 15) is 4.79 Å². The second-order valence-corrected chi connectivity index (χ2v) is 7.99. The molecule has 1 N–H and O–H groups in total. The predicted molar refractivity (Wildman–Crippen MR) is 114 cm³/mol. The molecule has 1 atom stereocenters. The second-order valence-electron chi connectivity index (χ2n) is 6.92. The molecule has 7 heteroatoms. The number of pyridine rings is 1. The third-order valence-electron chi connectivity index (χ3n) is 4.87. The van der Waals surface area contributed by atoms with Crippen LogP contribution in [0.4, 0.5) is 5.82 Å². The maximum atomic E-state index is 12.7. The Labute approximate surface area is 174 Å². The molecule has 6 nitrogen and oxygen atoms in total. The van der Waals surface area contributed by atoms with Gasteiger partial charge in [0.2, 0.25) is 5.91 Å². The lowest BCUT2D eigenvalue weighted by molar-refractivity contribution is -0.125. The Morgan fingerprint density at radius 1 is 1.03 bits per heavy atom. The van der Waals surface area contributed by atoms with Gasteiger partial charge in [-0.25, -0.2) is 9.97 Å². The molecule has 3 aromatic rings. The van der Waals surface area contributed by atoms with Crippen molar-refractivity contribution in [1.29, 1.82) is 0 Å². The van der Waals surface area contributed by atoms with Crippen LogP contribution in [0.5, 0.6) is 0 Å². The van der Waals surface area contributed by atoms with Gasteiger partial charge in [-0.2, -0.15) is 0 Å². The quantitative estimate of drug-likeness (QED) is 0.676. The van der Waals surface area contributed by atoms with Gasteiger partial charge >= 0.3 is 0 Å². The number of hydrogen-bond acceptors (Lipinski definition) is 6. The molecule has 148 valence electrons. The first-order chi connectivity index (χ1) is 14.3. The first-order valence-corrected chi connectivity index (χ1v) is 10.6. The summed E-state index contributed by atoms with van der Waals surface area (Å²) >= 11 is 1.60. The first-order valence-electron chi connectivity index (χ1n) is 9.76. The average Bonchev–Trinajstić information content (AvgIpc) is 2.79. The number of carbonyl (C=O) groups excluding carboxylic acids is 1. The van der Waals surface area contributed by atoms with E-state index in [4.69, 9.17) is 0 Å². The third kappa shape index (κ3) is 5.12. The van der Waals surface area contributed by atoms with Gasteiger partial charge in [-0.05, 0) is 37.1 Å². The fourth-order valence-electron chi connectivity index (χ4n) is 3.42. The molecule has 0 saturated carbocycles. The van der Waals surface area contributed by atoms with Crippen molar-refractivity contribution in [2.24, 2.45) is 5.92 Å². The van der Waals surface area contributed by atoms with Gasteiger partial charge in [0.1, 0.15) is 5.03 Å². The fourth-order valence-corrected chi connectivity index (χ4v) is 4.32. The number of piperidine rings is 1. The van der Waals surface area contributed by atoms with Crippen molar-refractivity contribution in [3.63, 3.8) is 0 Å². The number of carbonyl (C=O) groups is 1. The van der Waals surface area contributed by atoms with E-state index in [1.165, 1.54) is 0 Å². The van der Waals surface area contributed by atoms with E-state index in [2.05, 4.69) is 37.3 Å². The molecule has 1 aliphatic rings. The van der Waals surface area contributed by atoms with Crippen molar-refractivity contribution in [2.45, 2.75) is 29.3 Å². The van der Waals surface area contributed by atoms with Crippen molar-refractivity contribution in [3.05, 3.63) is 72.8 Å². The van der Waals surface area contributed by atoms with Crippen molar-refractivity contribution in [1.82, 2.24) is 20.3 Å². The van der Waals surface area contributed by atoms with Crippen LogP contribution in [0.25, 0.3) is 0 Å². The predicted octanol–water partition coefficient (Wildman–Crippen LogP) is 3.56. The standard InChI is InChI=1S/C22H23N5OS/c28-21(26-15-18-8-4-5-11-23-18)17-7-6-14-27(16-17)20-22(25-13-12-24-20)29-19-9-2-1-3-10-19/h1-5,8-13,17H,6-7,14-16H2,(H,26,28)/t17-/m1/s1. The Bertz CT molecular complexity index is 938. The molecule has 0 spiro atoms. The van der Waals surface area contributed by atoms with Gasteiger partial charge in [0, 0.05) is 36.6 Å². The fraction of sp³-hybridized carbons (Fsp3) is 0.273. The molecule has 1 aliphatic heterocycles. The number of hydrogen-bond donors (Lipinski definition) is 1. The van der Waals surface area contributed by atoms with Crippen LogP contribution in [0, 0.1) is 5.92 Å². The van der Waals surface area contributed by atoms with Crippen LogP contribution in [0.3, 0.4) is 0 Å². The smallest absolute Gasteiger partial charge is 0.225 e. The Morgan fingerprint density at radius 2 is 1.86 bits per heavy atom. The SMILES string of the molecule is O=C(NCc1ccccn1)[C@@H]1CCCN(c2nccnc2Sc2ccccc2)C1. The van der Waals surface area contributed by atoms with Crippen LogP contribution in [-0.4, -0.2) is 33.9 Å². The van der Waals surface area contributed by atoms with Crippen molar-refractivity contribution < 1.29 is 4.79 Å². The summed E-state index contributed by atoms with van der Waals surface area (Å²) in [5.74, 6) is 0.856. The van der Waals surface area contributed by atoms with Gasteiger partial charge in [0.05, 0.1) is 18.2 Å². The van der Waals surface area contributed by atoms with Crippen molar-refractivity contribution >= 4 is 23.5 Å². The normalized spacial score (nSPS) is 16.4. The average molecular weight is 406 g/mol. The monoisotopic (exact) mass is 405 g/mol. The van der Waals surface area contributed by atoms with Crippen LogP contribution < -0.4 is 10.2 Å². The van der Waals surface area contributed by atoms with Gasteiger partial charge in [-0.15, -0.1) is 0 Å². The molecule has 0 unspecified atom stereocenters. The summed E-state index contributed by atoms with van der Waals surface area (Å²) in [4.78, 5) is 29.4. The molecule has 0 bridgehead atoms. The number of rotatable bonds is 6. The van der Waals surface area contributed by atoms with Crippen molar-refractivity contribution in [2.75, 3.05) is 18.0 Å². The van der Waals surface area contributed by atoms with Crippen LogP contribution in [0.15, 0.2) is 77.0 Å². The van der Waals surface area contributed by atoms with Crippen LogP contribution in [0.2, 0.25) is 0 Å². The van der Waals surface area contributed by atoms with E-state index in [-0.39, 0.29) is 11.8 Å². The summed E-state index contributed by atoms with van der Waals surface area (Å²) in [5.41, 5.74) is 0.865. The van der Waals surface area contributed by atoms with Gasteiger partial charge in [-0.1, -0.05) is 36.0 Å². The Morgan fingerprint density at radius 3 is 2.69 bits per heavy atom. The molecule has 0 radical (unpaired) electrons. The van der Waals surface area contributed by atoms with Gasteiger partial charge < -0.3 is 10.2 Å². The van der Waals surface area contributed by atoms with Gasteiger partial charge in [0.15, 0.2) is 5.82 Å². The molecular formula is C22H23N5OS. The molecule has 1 aromatic carbocycles. The summed E-state index contributed by atoms with van der Waals surface area (Å²) in [6.07, 6.45) is 7.01. The van der Waals surface area contributed by atoms with Crippen LogP contribution in [0.1, 0.15) is 18.5 Å². The van der Waals surface area contributed by atoms with Crippen LogP contribution >= 0.6 is 11.8 Å². The largest absolute Gasteiger partial charge is 0.354 e. The minimum atomic E-state index is -0.0657. The topological polar surface area (TPSA) is 71.0 Å². The number of benzene rings is 1. The minimum absolute atomic E-state index is 0.0657. The number of anilines is 1. The molecule has 4 rings (SSSR count). The number of nitrogens with one attached hydrogen (secondary N) is 1. The van der Waals surface area contributed by atoms with Crippen LogP contribution in [-0.2, 0) is 11.3 Å². The molecule has 2 aromatic heterocycles. The number of nitrogens with zero attached hydrogens (tertiary/aromatic N) is 4. The highest BCUT2D eigenvalue weighted by Gasteiger charge is 2.28. The zero-order valence-corrected chi connectivity index (χ0v) is 16.9. The maximum Gasteiger partial charge on any atom is 0.225 e. The van der Waals surface area contributed by atoms with E-state index < -0.39 is 0 Å². The number of amides is 1. The van der Waals surface area contributed by atoms with Gasteiger partial charge in [0.25, 0.3) is 0 Å². The second kappa shape index (κ2) is 9.52. The van der Waals surface area contributed by atoms with E-state index >= 15 is 0 Å². The third-order valence-corrected chi connectivity index (χ3v) is 5.86. The Hall–Kier alpha value is -2.93. The lowest BCUT2D eigenvalue weighted by Crippen LogP contribution is -2.43. The molecular weight excluding hydrogens is 382 g/mol. The highest BCUT2D eigenvalue weighted by atomic mass is 32.2. The molecule has 0 aliphatic carbocycles. The highest BCUT2D eigenvalue weighted by molar-refractivity contribution is 7.99. The molecule has 3 heterocycles. The maximum absolute atomic E-state index is 12.7. The summed E-state index contributed by atoms with van der Waals surface area (Å²) in [5, 5.41) is 3.89. The lowest BCUT2D eigenvalue weighted by Gasteiger charge is -2.33. The van der Waals surface area contributed by atoms with E-state index in [1.807, 2.05) is 36.4 Å². The van der Waals surface area contributed by atoms with E-state index in [1.54, 1.807) is 30.4 Å². The number of aromatic nitrogens is 3. The highest BCUT2D eigenvalue weighted by Crippen LogP contribution is 2.33. The molecule has 1 saturated heterocycles. The summed E-state index contributed by atoms with van der Waals surface area (Å²) in [6.45, 7) is 1.98. The first kappa shape index (κ1) is 19.4. The lowest BCUT2D eigenvalue weighted by atomic mass is 9.97. The van der Waals surface area contributed by atoms with Crippen molar-refractivity contribution in [3.8, 4) is 0 Å². The Balaban J connectivity index is 1.42. The molecule has 29 heavy (non-hydrogen) atoms. The minimum Gasteiger partial charge on any atom is -0.354 e. The Kier molecular flexibility index (Phi) is 6.36. The zero-order chi connectivity index (χ0) is 19.9. The van der Waals surface area contributed by atoms with E-state index in [0.29, 0.717) is 13.1 Å². The van der Waals surface area contributed by atoms with E-state index in [0.717, 1.165) is 40.8 Å². The summed E-state index contributed by atoms with van der Waals surface area (Å²) in [6, 6.07) is 15.9. The van der Waals surface area contributed by atoms with Gasteiger partial charge in [-0.3, -0.25) is 9.78 Å². The summed E-state index contributed by atoms with van der Waals surface area (Å²) in [7, 11) is 0. The zero-order valence-electron chi connectivity index (χ0n) is 16.1. The molecule has 1 fully saturated rings.